The predicted molar refractivity (Wildman–Crippen MR) is 133 cm³/mol. The van der Waals surface area contributed by atoms with Crippen molar-refractivity contribution in [2.45, 2.75) is 153 Å². The minimum Gasteiger partial charge on any atom is -0.394 e. The quantitative estimate of drug-likeness (QED) is 0.129. The zero-order valence-corrected chi connectivity index (χ0v) is 21.2. The highest BCUT2D eigenvalue weighted by molar-refractivity contribution is 7.95. The fraction of sp³-hybridized carbons (Fsp3) is 1.00. The molecule has 0 spiro atoms. The molecule has 1 aliphatic heterocycles. The van der Waals surface area contributed by atoms with Crippen molar-refractivity contribution in [3.05, 3.63) is 0 Å². The second-order valence-corrected chi connectivity index (χ2v) is 10.3. The van der Waals surface area contributed by atoms with Crippen LogP contribution < -0.4 is 0 Å². The zero-order valence-electron chi connectivity index (χ0n) is 20.4. The van der Waals surface area contributed by atoms with E-state index in [-0.39, 0.29) is 18.1 Å². The number of hydrogen-bond donors (Lipinski definition) is 2. The lowest BCUT2D eigenvalue weighted by Gasteiger charge is -2.31. The number of aliphatic hydroxyl groups is 2. The highest BCUT2D eigenvalue weighted by atomic mass is 32.2. The van der Waals surface area contributed by atoms with E-state index in [1.54, 1.807) is 0 Å². The summed E-state index contributed by atoms with van der Waals surface area (Å²) in [6, 6.07) is 0. The molecule has 0 aromatic heterocycles. The summed E-state index contributed by atoms with van der Waals surface area (Å²) in [7, 11) is 0. The van der Waals surface area contributed by atoms with Gasteiger partial charge in [-0.2, -0.15) is 0 Å². The van der Waals surface area contributed by atoms with Crippen molar-refractivity contribution in [2.24, 2.45) is 0 Å². The van der Waals surface area contributed by atoms with Crippen LogP contribution in [-0.2, 0) is 8.92 Å². The van der Waals surface area contributed by atoms with Crippen LogP contribution >= 0.6 is 12.0 Å². The van der Waals surface area contributed by atoms with Crippen LogP contribution in [0.25, 0.3) is 0 Å². The lowest BCUT2D eigenvalue weighted by atomic mass is 10.0. The Balaban J connectivity index is 1.73. The third kappa shape index (κ3) is 17.3. The molecule has 0 amide bonds. The van der Waals surface area contributed by atoms with Crippen molar-refractivity contribution in [3.63, 3.8) is 0 Å². The topological polar surface area (TPSA) is 58.9 Å². The second kappa shape index (κ2) is 22.0. The molecule has 0 aromatic carbocycles. The lowest BCUT2D eigenvalue weighted by molar-refractivity contribution is -0.0928. The third-order valence-corrected chi connectivity index (χ3v) is 7.29. The largest absolute Gasteiger partial charge is 0.394 e. The second-order valence-electron chi connectivity index (χ2n) is 9.38. The van der Waals surface area contributed by atoms with E-state index in [0.717, 1.165) is 6.42 Å². The van der Waals surface area contributed by atoms with Crippen molar-refractivity contribution in [1.29, 1.82) is 0 Å². The SMILES string of the molecule is CCCCCCCCCCCCCCCCCCCCOSC1OC(CO)CCC1O. The summed E-state index contributed by atoms with van der Waals surface area (Å²) in [5.41, 5.74) is -0.360. The molecule has 1 heterocycles. The average Bonchev–Trinajstić information content (AvgIpc) is 2.79. The van der Waals surface area contributed by atoms with Gasteiger partial charge in [-0.25, -0.2) is 0 Å². The molecule has 186 valence electrons. The minimum absolute atomic E-state index is 0.0169. The van der Waals surface area contributed by atoms with E-state index in [1.165, 1.54) is 121 Å². The number of ether oxygens (including phenoxy) is 1. The van der Waals surface area contributed by atoms with Gasteiger partial charge < -0.3 is 19.1 Å². The van der Waals surface area contributed by atoms with Crippen LogP contribution in [0.1, 0.15) is 135 Å². The normalized spacial score (nSPS) is 21.6. The Bertz CT molecular complexity index is 369. The molecule has 1 saturated heterocycles. The van der Waals surface area contributed by atoms with Crippen LogP contribution in [0.3, 0.4) is 0 Å². The van der Waals surface area contributed by atoms with E-state index in [4.69, 9.17) is 8.92 Å². The molecular weight excluding hydrogens is 408 g/mol. The Morgan fingerprint density at radius 1 is 0.710 bits per heavy atom. The van der Waals surface area contributed by atoms with E-state index >= 15 is 0 Å². The zero-order chi connectivity index (χ0) is 22.4. The van der Waals surface area contributed by atoms with Gasteiger partial charge in [-0.1, -0.05) is 116 Å². The Hall–Kier alpha value is 0.190. The molecule has 2 N–H and O–H groups in total. The third-order valence-electron chi connectivity index (χ3n) is 6.37. The monoisotopic (exact) mass is 460 g/mol. The molecule has 0 radical (unpaired) electrons. The fourth-order valence-corrected chi connectivity index (χ4v) is 5.06. The van der Waals surface area contributed by atoms with Gasteiger partial charge in [0.25, 0.3) is 0 Å². The molecule has 3 unspecified atom stereocenters. The molecule has 3 atom stereocenters. The first-order valence-corrected chi connectivity index (χ1v) is 14.3. The van der Waals surface area contributed by atoms with Gasteiger partial charge in [0.1, 0.15) is 0 Å². The highest BCUT2D eigenvalue weighted by Crippen LogP contribution is 2.28. The molecule has 1 rings (SSSR count). The van der Waals surface area contributed by atoms with E-state index in [9.17, 15) is 10.2 Å². The van der Waals surface area contributed by atoms with Crippen molar-refractivity contribution >= 4 is 12.0 Å². The molecule has 31 heavy (non-hydrogen) atoms. The fourth-order valence-electron chi connectivity index (χ4n) is 4.24. The summed E-state index contributed by atoms with van der Waals surface area (Å²) in [5, 5.41) is 19.1. The van der Waals surface area contributed by atoms with Crippen molar-refractivity contribution in [3.8, 4) is 0 Å². The van der Waals surface area contributed by atoms with Crippen molar-refractivity contribution in [1.82, 2.24) is 0 Å². The lowest BCUT2D eigenvalue weighted by Crippen LogP contribution is -2.38. The molecule has 0 saturated carbocycles. The first-order valence-electron chi connectivity index (χ1n) is 13.5. The van der Waals surface area contributed by atoms with Gasteiger partial charge in [0.05, 0.1) is 25.4 Å². The van der Waals surface area contributed by atoms with Crippen molar-refractivity contribution < 1.29 is 19.1 Å². The Kier molecular flexibility index (Phi) is 20.7. The van der Waals surface area contributed by atoms with E-state index < -0.39 is 6.10 Å². The van der Waals surface area contributed by atoms with Gasteiger partial charge in [0.15, 0.2) is 5.44 Å². The van der Waals surface area contributed by atoms with Crippen molar-refractivity contribution in [2.75, 3.05) is 13.2 Å². The summed E-state index contributed by atoms with van der Waals surface area (Å²) < 4.78 is 11.2. The molecule has 4 nitrogen and oxygen atoms in total. The molecular formula is C26H52O4S. The standard InChI is InChI=1S/C26H52O4S/c1-2-3-4-5-6-7-8-9-10-11-12-13-14-15-16-17-18-19-22-29-31-26-25(28)21-20-24(23-27)30-26/h24-28H,2-23H2,1H3. The maximum atomic E-state index is 9.93. The van der Waals surface area contributed by atoms with Gasteiger partial charge in [-0.15, -0.1) is 0 Å². The van der Waals surface area contributed by atoms with E-state index in [1.807, 2.05) is 0 Å². The maximum Gasteiger partial charge on any atom is 0.155 e. The molecule has 1 fully saturated rings. The summed E-state index contributed by atoms with van der Waals surface area (Å²) in [6.45, 7) is 3.01. The Labute approximate surface area is 197 Å². The molecule has 0 aliphatic carbocycles. The van der Waals surface area contributed by atoms with Crippen LogP contribution in [0.4, 0.5) is 0 Å². The number of hydrogen-bond acceptors (Lipinski definition) is 5. The molecule has 0 bridgehead atoms. The van der Waals surface area contributed by atoms with Gasteiger partial charge in [-0.3, -0.25) is 0 Å². The summed E-state index contributed by atoms with van der Waals surface area (Å²) in [5.74, 6) is 0. The molecule has 0 aromatic rings. The maximum absolute atomic E-state index is 9.93. The highest BCUT2D eigenvalue weighted by Gasteiger charge is 2.30. The van der Waals surface area contributed by atoms with E-state index in [2.05, 4.69) is 6.92 Å². The Morgan fingerprint density at radius 2 is 1.16 bits per heavy atom. The molecule has 5 heteroatoms. The summed E-state index contributed by atoms with van der Waals surface area (Å²) in [4.78, 5) is 0. The van der Waals surface area contributed by atoms with Crippen LogP contribution in [-0.4, -0.2) is 41.1 Å². The van der Waals surface area contributed by atoms with Crippen LogP contribution in [0.15, 0.2) is 0 Å². The van der Waals surface area contributed by atoms with E-state index in [0.29, 0.717) is 19.4 Å². The first kappa shape index (κ1) is 29.2. The summed E-state index contributed by atoms with van der Waals surface area (Å²) in [6.07, 6.45) is 25.6. The molecule has 1 aliphatic rings. The summed E-state index contributed by atoms with van der Waals surface area (Å²) >= 11 is 1.23. The smallest absolute Gasteiger partial charge is 0.155 e. The van der Waals surface area contributed by atoms with Crippen LogP contribution in [0, 0.1) is 0 Å². The number of aliphatic hydroxyl groups excluding tert-OH is 2. The van der Waals surface area contributed by atoms with Crippen LogP contribution in [0.5, 0.6) is 0 Å². The first-order chi connectivity index (χ1) is 15.3. The predicted octanol–water partition coefficient (Wildman–Crippen LogP) is 7.55. The minimum atomic E-state index is -0.492. The number of rotatable bonds is 22. The van der Waals surface area contributed by atoms with Gasteiger partial charge in [0, 0.05) is 12.0 Å². The average molecular weight is 461 g/mol. The Morgan fingerprint density at radius 3 is 1.61 bits per heavy atom. The van der Waals surface area contributed by atoms with Gasteiger partial charge in [-0.05, 0) is 19.3 Å². The number of unbranched alkanes of at least 4 members (excludes halogenated alkanes) is 17. The van der Waals surface area contributed by atoms with Crippen LogP contribution in [0.2, 0.25) is 0 Å². The van der Waals surface area contributed by atoms with Gasteiger partial charge >= 0.3 is 0 Å². The van der Waals surface area contributed by atoms with Gasteiger partial charge in [0.2, 0.25) is 0 Å².